The van der Waals surface area contributed by atoms with E-state index in [4.69, 9.17) is 21.1 Å². The Morgan fingerprint density at radius 3 is 2.32 bits per heavy atom. The van der Waals surface area contributed by atoms with Gasteiger partial charge in [0.2, 0.25) is 0 Å². The Balaban J connectivity index is 1.48. The fourth-order valence-electron chi connectivity index (χ4n) is 4.16. The van der Waals surface area contributed by atoms with Gasteiger partial charge in [0, 0.05) is 23.4 Å². The third-order valence-electron chi connectivity index (χ3n) is 6.01. The molecule has 1 saturated carbocycles. The molecule has 4 rings (SSSR count). The Kier molecular flexibility index (Phi) is 7.07. The predicted molar refractivity (Wildman–Crippen MR) is 129 cm³/mol. The monoisotopic (exact) mass is 483 g/mol. The first-order valence-corrected chi connectivity index (χ1v) is 11.5. The standard InChI is InChI=1S/C25H26ClN3O5/c1-33-18-12-13-19(20(14-18)34-2)29-24(31)21(26)22(25(29)32)27-17-10-8-15(9-11-17)23(30)28-16-6-4-3-5-7-16/h8-14,16,27H,3-7H2,1-2H3,(H,28,30). The number of nitrogens with zero attached hydrogens (tertiary/aromatic N) is 1. The molecule has 3 amide bonds. The summed E-state index contributed by atoms with van der Waals surface area (Å²) < 4.78 is 10.5. The van der Waals surface area contributed by atoms with E-state index in [9.17, 15) is 14.4 Å². The minimum absolute atomic E-state index is 0.0519. The number of halogens is 1. The fourth-order valence-corrected chi connectivity index (χ4v) is 4.38. The number of rotatable bonds is 7. The van der Waals surface area contributed by atoms with E-state index in [2.05, 4.69) is 10.6 Å². The van der Waals surface area contributed by atoms with E-state index in [1.54, 1.807) is 42.5 Å². The number of carbonyl (C=O) groups is 3. The van der Waals surface area contributed by atoms with Crippen LogP contribution in [0.2, 0.25) is 0 Å². The van der Waals surface area contributed by atoms with Gasteiger partial charge in [-0.05, 0) is 49.2 Å². The molecular formula is C25H26ClN3O5. The largest absolute Gasteiger partial charge is 0.497 e. The van der Waals surface area contributed by atoms with E-state index in [-0.39, 0.29) is 28.4 Å². The van der Waals surface area contributed by atoms with Gasteiger partial charge in [-0.25, -0.2) is 4.90 Å². The van der Waals surface area contributed by atoms with Crippen molar-refractivity contribution >= 4 is 40.7 Å². The number of anilines is 2. The van der Waals surface area contributed by atoms with Crippen LogP contribution < -0.4 is 25.0 Å². The molecule has 0 bridgehead atoms. The number of methoxy groups -OCH3 is 2. The molecule has 1 heterocycles. The van der Waals surface area contributed by atoms with Gasteiger partial charge in [-0.15, -0.1) is 0 Å². The average Bonchev–Trinajstić information content (AvgIpc) is 3.07. The molecule has 2 aromatic carbocycles. The minimum Gasteiger partial charge on any atom is -0.497 e. The van der Waals surface area contributed by atoms with Crippen LogP contribution in [0.5, 0.6) is 11.5 Å². The molecule has 9 heteroatoms. The van der Waals surface area contributed by atoms with Gasteiger partial charge in [-0.1, -0.05) is 30.9 Å². The fraction of sp³-hybridized carbons (Fsp3) is 0.320. The number of carbonyl (C=O) groups excluding carboxylic acids is 3. The number of ether oxygens (including phenoxy) is 2. The normalized spacial score (nSPS) is 16.6. The second kappa shape index (κ2) is 10.2. The van der Waals surface area contributed by atoms with Crippen LogP contribution >= 0.6 is 11.6 Å². The summed E-state index contributed by atoms with van der Waals surface area (Å²) >= 11 is 6.24. The number of imide groups is 1. The molecule has 178 valence electrons. The van der Waals surface area contributed by atoms with Crippen molar-refractivity contribution < 1.29 is 23.9 Å². The number of hydrogen-bond donors (Lipinski definition) is 2. The van der Waals surface area contributed by atoms with Crippen LogP contribution in [0.4, 0.5) is 11.4 Å². The first-order valence-electron chi connectivity index (χ1n) is 11.1. The van der Waals surface area contributed by atoms with Gasteiger partial charge in [0.1, 0.15) is 22.2 Å². The van der Waals surface area contributed by atoms with Crippen molar-refractivity contribution in [3.05, 3.63) is 58.8 Å². The molecule has 0 atom stereocenters. The molecule has 8 nitrogen and oxygen atoms in total. The third-order valence-corrected chi connectivity index (χ3v) is 6.36. The number of benzene rings is 2. The zero-order chi connectivity index (χ0) is 24.2. The smallest absolute Gasteiger partial charge is 0.283 e. The summed E-state index contributed by atoms with van der Waals surface area (Å²) in [4.78, 5) is 39.4. The number of nitrogens with one attached hydrogen (secondary N) is 2. The molecule has 34 heavy (non-hydrogen) atoms. The molecule has 0 aromatic heterocycles. The van der Waals surface area contributed by atoms with Gasteiger partial charge < -0.3 is 20.1 Å². The van der Waals surface area contributed by atoms with E-state index in [1.165, 1.54) is 20.6 Å². The summed E-state index contributed by atoms with van der Waals surface area (Å²) in [5, 5.41) is 5.76. The summed E-state index contributed by atoms with van der Waals surface area (Å²) in [6, 6.07) is 11.6. The highest BCUT2D eigenvalue weighted by molar-refractivity contribution is 6.53. The van der Waals surface area contributed by atoms with Crippen LogP contribution in [0.25, 0.3) is 0 Å². The highest BCUT2D eigenvalue weighted by atomic mass is 35.5. The molecule has 0 radical (unpaired) electrons. The van der Waals surface area contributed by atoms with Crippen molar-refractivity contribution in [3.63, 3.8) is 0 Å². The summed E-state index contributed by atoms with van der Waals surface area (Å²) in [6.07, 6.45) is 5.49. The van der Waals surface area contributed by atoms with Gasteiger partial charge in [0.25, 0.3) is 17.7 Å². The number of hydrogen-bond acceptors (Lipinski definition) is 6. The van der Waals surface area contributed by atoms with Crippen LogP contribution in [0, 0.1) is 0 Å². The van der Waals surface area contributed by atoms with E-state index in [0.717, 1.165) is 30.6 Å². The molecule has 1 aliphatic heterocycles. The first-order chi connectivity index (χ1) is 16.4. The highest BCUT2D eigenvalue weighted by Crippen LogP contribution is 2.37. The highest BCUT2D eigenvalue weighted by Gasteiger charge is 2.40. The summed E-state index contributed by atoms with van der Waals surface area (Å²) in [5.41, 5.74) is 1.24. The topological polar surface area (TPSA) is 97.0 Å². The van der Waals surface area contributed by atoms with Gasteiger partial charge in [0.05, 0.1) is 19.9 Å². The maximum Gasteiger partial charge on any atom is 0.283 e. The van der Waals surface area contributed by atoms with E-state index in [0.29, 0.717) is 22.7 Å². The van der Waals surface area contributed by atoms with E-state index >= 15 is 0 Å². The first kappa shape index (κ1) is 23.6. The van der Waals surface area contributed by atoms with Crippen LogP contribution in [0.3, 0.4) is 0 Å². The summed E-state index contributed by atoms with van der Waals surface area (Å²) in [6.45, 7) is 0. The van der Waals surface area contributed by atoms with Crippen LogP contribution in [0.15, 0.2) is 53.2 Å². The molecule has 1 aliphatic carbocycles. The quantitative estimate of drug-likeness (QED) is 0.573. The second-order valence-corrected chi connectivity index (χ2v) is 8.56. The SMILES string of the molecule is COc1ccc(N2C(=O)C(Cl)=C(Nc3ccc(C(=O)NC4CCCCC4)cc3)C2=O)c(OC)c1. The Labute approximate surface area is 202 Å². The molecule has 0 saturated heterocycles. The second-order valence-electron chi connectivity index (χ2n) is 8.18. The summed E-state index contributed by atoms with van der Waals surface area (Å²) in [5.74, 6) is -0.593. The molecule has 0 unspecified atom stereocenters. The van der Waals surface area contributed by atoms with Gasteiger partial charge in [0.15, 0.2) is 0 Å². The van der Waals surface area contributed by atoms with Crippen molar-refractivity contribution in [2.45, 2.75) is 38.1 Å². The predicted octanol–water partition coefficient (Wildman–Crippen LogP) is 4.20. The lowest BCUT2D eigenvalue weighted by atomic mass is 9.95. The lowest BCUT2D eigenvalue weighted by Gasteiger charge is -2.22. The van der Waals surface area contributed by atoms with Crippen LogP contribution in [-0.2, 0) is 9.59 Å². The minimum atomic E-state index is -0.666. The van der Waals surface area contributed by atoms with E-state index in [1.807, 2.05) is 0 Å². The zero-order valence-electron chi connectivity index (χ0n) is 19.0. The van der Waals surface area contributed by atoms with Crippen molar-refractivity contribution in [1.82, 2.24) is 5.32 Å². The summed E-state index contributed by atoms with van der Waals surface area (Å²) in [7, 11) is 2.94. The van der Waals surface area contributed by atoms with Crippen molar-refractivity contribution in [2.24, 2.45) is 0 Å². The van der Waals surface area contributed by atoms with Crippen LogP contribution in [-0.4, -0.2) is 38.0 Å². The molecule has 0 spiro atoms. The number of amides is 3. The van der Waals surface area contributed by atoms with Gasteiger partial charge >= 0.3 is 0 Å². The Hall–Kier alpha value is -3.52. The molecule has 2 N–H and O–H groups in total. The van der Waals surface area contributed by atoms with Gasteiger partial charge in [-0.2, -0.15) is 0 Å². The molecule has 2 aromatic rings. The maximum atomic E-state index is 13.1. The molecular weight excluding hydrogens is 458 g/mol. The Morgan fingerprint density at radius 1 is 0.971 bits per heavy atom. The van der Waals surface area contributed by atoms with Crippen molar-refractivity contribution in [1.29, 1.82) is 0 Å². The Morgan fingerprint density at radius 2 is 1.68 bits per heavy atom. The Bertz CT molecular complexity index is 1140. The molecule has 1 fully saturated rings. The lowest BCUT2D eigenvalue weighted by molar-refractivity contribution is -0.120. The lowest BCUT2D eigenvalue weighted by Crippen LogP contribution is -2.36. The van der Waals surface area contributed by atoms with Crippen molar-refractivity contribution in [2.75, 3.05) is 24.4 Å². The van der Waals surface area contributed by atoms with Crippen LogP contribution in [0.1, 0.15) is 42.5 Å². The van der Waals surface area contributed by atoms with Crippen molar-refractivity contribution in [3.8, 4) is 11.5 Å². The van der Waals surface area contributed by atoms with Gasteiger partial charge in [-0.3, -0.25) is 14.4 Å². The zero-order valence-corrected chi connectivity index (χ0v) is 19.8. The average molecular weight is 484 g/mol. The maximum absolute atomic E-state index is 13.1. The molecule has 2 aliphatic rings. The van der Waals surface area contributed by atoms with E-state index < -0.39 is 11.8 Å². The third kappa shape index (κ3) is 4.72.